The van der Waals surface area contributed by atoms with Crippen molar-refractivity contribution in [3.05, 3.63) is 273 Å². The summed E-state index contributed by atoms with van der Waals surface area (Å²) in [5.74, 6) is -3.34. The number of carboxylic acids is 1. The van der Waals surface area contributed by atoms with Crippen LogP contribution < -0.4 is 16.0 Å². The number of anilines is 2. The van der Waals surface area contributed by atoms with Gasteiger partial charge in [-0.1, -0.05) is 210 Å². The Morgan fingerprint density at radius 1 is 0.393 bits per heavy atom. The van der Waals surface area contributed by atoms with Gasteiger partial charge in [-0.05, 0) is 136 Å². The fraction of sp³-hybridized carbons (Fsp3) is 0. The van der Waals surface area contributed by atoms with Crippen molar-refractivity contribution in [2.24, 2.45) is 0 Å². The molecule has 3 amide bonds. The number of imide groups is 1. The van der Waals surface area contributed by atoms with Crippen LogP contribution >= 0.6 is 31.9 Å². The molecule has 0 aliphatic carbocycles. The number of carbonyl (C=O) groups excluding carboxylic acids is 3. The average Bonchev–Trinajstić information content (AvgIpc) is 0.749. The van der Waals surface area contributed by atoms with Gasteiger partial charge in [0.25, 0.3) is 17.7 Å². The van der Waals surface area contributed by atoms with E-state index in [-0.39, 0.29) is 43.5 Å². The molecule has 1 heterocycles. The molecule has 13 aromatic carbocycles. The monoisotopic (exact) mass is 1210 g/mol. The van der Waals surface area contributed by atoms with Crippen molar-refractivity contribution in [1.29, 1.82) is 5.41 Å². The number of amidine groups is 1. The van der Waals surface area contributed by atoms with Crippen molar-refractivity contribution in [3.8, 4) is 66.8 Å². The van der Waals surface area contributed by atoms with Crippen LogP contribution in [0.2, 0.25) is 0 Å². The highest BCUT2D eigenvalue weighted by molar-refractivity contribution is 9.11. The molecule has 84 heavy (non-hydrogen) atoms. The minimum Gasteiger partial charge on any atom is -0.478 e. The molecule has 0 saturated heterocycles. The van der Waals surface area contributed by atoms with Gasteiger partial charge in [0.15, 0.2) is 0 Å². The van der Waals surface area contributed by atoms with E-state index in [1.807, 2.05) is 188 Å². The average molecular weight is 1220 g/mol. The molecule has 400 valence electrons. The van der Waals surface area contributed by atoms with E-state index < -0.39 is 23.7 Å². The van der Waals surface area contributed by atoms with E-state index in [2.05, 4.69) is 72.1 Å². The smallest absolute Gasteiger partial charge is 0.337 e. The van der Waals surface area contributed by atoms with E-state index in [0.717, 1.165) is 66.8 Å². The maximum Gasteiger partial charge on any atom is 0.337 e. The van der Waals surface area contributed by atoms with Crippen LogP contribution in [0.4, 0.5) is 11.4 Å². The van der Waals surface area contributed by atoms with Crippen LogP contribution in [0.3, 0.4) is 0 Å². The van der Waals surface area contributed by atoms with Gasteiger partial charge in [0.05, 0.1) is 5.56 Å². The van der Waals surface area contributed by atoms with E-state index in [1.165, 1.54) is 0 Å². The maximum absolute atomic E-state index is 15.9. The molecule has 9 nitrogen and oxygen atoms in total. The molecule has 14 rings (SSSR count). The highest BCUT2D eigenvalue weighted by atomic mass is 79.9. The zero-order valence-corrected chi connectivity index (χ0v) is 47.5. The number of amides is 3. The number of hydrogen-bond acceptors (Lipinski definition) is 5. The Kier molecular flexibility index (Phi) is 12.9. The van der Waals surface area contributed by atoms with Crippen molar-refractivity contribution < 1.29 is 24.3 Å². The van der Waals surface area contributed by atoms with Crippen molar-refractivity contribution in [1.82, 2.24) is 5.32 Å². The topological polar surface area (TPSA) is 148 Å². The zero-order valence-electron chi connectivity index (χ0n) is 44.4. The lowest BCUT2D eigenvalue weighted by Gasteiger charge is -2.25. The fourth-order valence-corrected chi connectivity index (χ4v) is 13.8. The Balaban J connectivity index is 1.04. The number of carboxylic acid groups (broad SMARTS) is 1. The minimum absolute atomic E-state index is 0.0520. The third-order valence-electron chi connectivity index (χ3n) is 15.9. The molecule has 0 aromatic heterocycles. The Labute approximate surface area is 498 Å². The fourth-order valence-electron chi connectivity index (χ4n) is 12.4. The number of halogens is 2. The third kappa shape index (κ3) is 8.63. The van der Waals surface area contributed by atoms with Crippen molar-refractivity contribution in [2.45, 2.75) is 0 Å². The van der Waals surface area contributed by atoms with Crippen LogP contribution in [-0.2, 0) is 0 Å². The molecule has 0 spiro atoms. The van der Waals surface area contributed by atoms with Gasteiger partial charge < -0.3 is 15.7 Å². The van der Waals surface area contributed by atoms with Gasteiger partial charge in [0.1, 0.15) is 5.84 Å². The van der Waals surface area contributed by atoms with Crippen molar-refractivity contribution in [2.75, 3.05) is 10.6 Å². The zero-order chi connectivity index (χ0) is 57.3. The molecule has 13 aromatic rings. The van der Waals surface area contributed by atoms with E-state index in [1.54, 1.807) is 24.3 Å². The summed E-state index contributed by atoms with van der Waals surface area (Å²) in [5.41, 5.74) is 12.4. The van der Waals surface area contributed by atoms with Gasteiger partial charge in [-0.15, -0.1) is 0 Å². The standard InChI is InChI=1S/C73H44Br2N4O5/c74-57-39-56-60-50(71(81)79-72(56)82)33-32-49-62(60)61(57)48-31-34-51(70(80)78-47-37-54(42-23-11-3-12-24-42)59(45-29-17-6-18-30-45)55(38-47)43-25-13-4-14-26-43)64-63(48)65(49)68(75)67(73(83)84)66(64)69(76)77-46-35-52(40-19-7-1-8-20-40)58(44-27-15-5-16-28-44)53(36-46)41-21-9-2-10-22-41/h1-39H,(H2,76,77)(H,78,80)(H,83,84)(H,79,81,82). The molecule has 0 fully saturated rings. The van der Waals surface area contributed by atoms with Crippen LogP contribution in [0, 0.1) is 5.41 Å². The van der Waals surface area contributed by atoms with E-state index in [0.29, 0.717) is 53.6 Å². The number of benzene rings is 13. The number of nitrogens with one attached hydrogen (secondary N) is 4. The second-order valence-electron chi connectivity index (χ2n) is 20.7. The van der Waals surface area contributed by atoms with Crippen LogP contribution in [0.25, 0.3) is 110 Å². The molecule has 0 unspecified atom stereocenters. The van der Waals surface area contributed by atoms with Gasteiger partial charge in [-0.3, -0.25) is 25.1 Å². The first-order valence-corrected chi connectivity index (χ1v) is 28.7. The summed E-state index contributed by atoms with van der Waals surface area (Å²) >= 11 is 7.65. The molecule has 0 atom stereocenters. The lowest BCUT2D eigenvalue weighted by molar-refractivity contribution is 0.0694. The first-order chi connectivity index (χ1) is 41.0. The summed E-state index contributed by atoms with van der Waals surface area (Å²) in [6, 6.07) is 76.7. The van der Waals surface area contributed by atoms with Crippen LogP contribution in [0.15, 0.2) is 246 Å². The number of carbonyl (C=O) groups is 4. The summed E-state index contributed by atoms with van der Waals surface area (Å²) in [7, 11) is 0. The summed E-state index contributed by atoms with van der Waals surface area (Å²) < 4.78 is 0.675. The van der Waals surface area contributed by atoms with E-state index >= 15 is 4.79 Å². The van der Waals surface area contributed by atoms with Gasteiger partial charge in [-0.25, -0.2) is 4.79 Å². The molecular formula is C73H44Br2N4O5. The van der Waals surface area contributed by atoms with Crippen molar-refractivity contribution in [3.63, 3.8) is 0 Å². The normalized spacial score (nSPS) is 12.0. The van der Waals surface area contributed by atoms with Crippen LogP contribution in [0.5, 0.6) is 0 Å². The molecule has 0 saturated carbocycles. The minimum atomic E-state index is -1.37. The Morgan fingerprint density at radius 3 is 1.24 bits per heavy atom. The van der Waals surface area contributed by atoms with E-state index in [4.69, 9.17) is 0 Å². The van der Waals surface area contributed by atoms with Crippen molar-refractivity contribution >= 4 is 116 Å². The number of aromatic carboxylic acids is 1. The maximum atomic E-state index is 15.9. The summed E-state index contributed by atoms with van der Waals surface area (Å²) in [4.78, 5) is 57.5. The first-order valence-electron chi connectivity index (χ1n) is 27.1. The summed E-state index contributed by atoms with van der Waals surface area (Å²) in [6.45, 7) is 0. The number of fused-ring (bicyclic) bond motifs is 2. The molecule has 1 aliphatic heterocycles. The summed E-state index contributed by atoms with van der Waals surface area (Å²) in [5, 5.41) is 35.1. The molecule has 0 bridgehead atoms. The van der Waals surface area contributed by atoms with Gasteiger partial charge in [0.2, 0.25) is 0 Å². The largest absolute Gasteiger partial charge is 0.478 e. The van der Waals surface area contributed by atoms with Crippen LogP contribution in [0.1, 0.15) is 47.0 Å². The Bertz CT molecular complexity index is 4790. The number of rotatable bonds is 11. The molecule has 11 heteroatoms. The van der Waals surface area contributed by atoms with E-state index in [9.17, 15) is 24.9 Å². The predicted molar refractivity (Wildman–Crippen MR) is 346 cm³/mol. The van der Waals surface area contributed by atoms with Gasteiger partial charge in [0, 0.05) is 74.9 Å². The molecule has 5 N–H and O–H groups in total. The Morgan fingerprint density at radius 2 is 0.786 bits per heavy atom. The Hall–Kier alpha value is -10.3. The lowest BCUT2D eigenvalue weighted by atomic mass is 9.82. The highest BCUT2D eigenvalue weighted by Crippen LogP contribution is 2.52. The number of hydrogen-bond donors (Lipinski definition) is 5. The lowest BCUT2D eigenvalue weighted by Crippen LogP contribution is -2.34. The third-order valence-corrected chi connectivity index (χ3v) is 17.3. The quantitative estimate of drug-likeness (QED) is 0.0286. The second kappa shape index (κ2) is 20.9. The molecule has 1 aliphatic rings. The highest BCUT2D eigenvalue weighted by Gasteiger charge is 2.34. The SMILES string of the molecule is N=C(Nc1cc(-c2ccccc2)c(-c2ccccc2)c(-c2ccccc2)c1)c1c(C(=O)O)c(Br)c2c3ccc4c5c(cc(Br)c(c6ccc(C(=O)Nc7cc(-c8ccccc8)c(-c8ccccc8)c(-c8ccccc8)c7)c1c62)c53)C(=O)NC4=O. The second-order valence-corrected chi connectivity index (χ2v) is 22.3. The van der Waals surface area contributed by atoms with Crippen LogP contribution in [-0.4, -0.2) is 34.6 Å². The van der Waals surface area contributed by atoms with Gasteiger partial charge >= 0.3 is 5.97 Å². The first kappa shape index (κ1) is 51.8. The summed E-state index contributed by atoms with van der Waals surface area (Å²) in [6.07, 6.45) is 0. The molecule has 0 radical (unpaired) electrons. The molecular weight excluding hydrogens is 1170 g/mol. The van der Waals surface area contributed by atoms with Gasteiger partial charge in [-0.2, -0.15) is 0 Å². The predicted octanol–water partition coefficient (Wildman–Crippen LogP) is 18.5.